The standard InChI is InChI=1S/C14H13F2NO3/c15-10-2-1-7(5-11(10)16)8-6-9(8)12(18)17-14(3-4-14)13(19)20/h1-2,5,8-9H,3-4,6H2,(H,17,18)(H,19,20). The average Bonchev–Trinajstić information content (AvgIpc) is 3.24. The molecular formula is C14H13F2NO3. The molecular weight excluding hydrogens is 268 g/mol. The Bertz CT molecular complexity index is 598. The summed E-state index contributed by atoms with van der Waals surface area (Å²) in [4.78, 5) is 22.9. The summed E-state index contributed by atoms with van der Waals surface area (Å²) in [6.07, 6.45) is 1.42. The summed E-state index contributed by atoms with van der Waals surface area (Å²) in [5, 5.41) is 11.5. The number of carboxylic acid groups (broad SMARTS) is 1. The number of rotatable bonds is 4. The minimum atomic E-state index is -1.10. The highest BCUT2D eigenvalue weighted by molar-refractivity contribution is 5.92. The van der Waals surface area contributed by atoms with Crippen molar-refractivity contribution in [3.8, 4) is 0 Å². The van der Waals surface area contributed by atoms with E-state index >= 15 is 0 Å². The van der Waals surface area contributed by atoms with Crippen LogP contribution in [0, 0.1) is 17.6 Å². The zero-order valence-corrected chi connectivity index (χ0v) is 10.5. The van der Waals surface area contributed by atoms with E-state index in [9.17, 15) is 18.4 Å². The zero-order chi connectivity index (χ0) is 14.5. The lowest BCUT2D eigenvalue weighted by molar-refractivity contribution is -0.143. The molecule has 2 atom stereocenters. The molecule has 2 fully saturated rings. The number of carbonyl (C=O) groups is 2. The van der Waals surface area contributed by atoms with Crippen LogP contribution in [-0.4, -0.2) is 22.5 Å². The van der Waals surface area contributed by atoms with Crippen LogP contribution in [0.2, 0.25) is 0 Å². The molecule has 6 heteroatoms. The largest absolute Gasteiger partial charge is 0.480 e. The molecule has 1 aromatic rings. The van der Waals surface area contributed by atoms with E-state index in [2.05, 4.69) is 5.32 Å². The number of aliphatic carboxylic acids is 1. The summed E-state index contributed by atoms with van der Waals surface area (Å²) < 4.78 is 26.0. The Morgan fingerprint density at radius 1 is 1.25 bits per heavy atom. The summed E-state index contributed by atoms with van der Waals surface area (Å²) in [6.45, 7) is 0. The normalized spacial score (nSPS) is 25.9. The molecule has 2 N–H and O–H groups in total. The van der Waals surface area contributed by atoms with Gasteiger partial charge in [0.05, 0.1) is 0 Å². The molecule has 2 aliphatic carbocycles. The maximum atomic E-state index is 13.1. The van der Waals surface area contributed by atoms with Gasteiger partial charge in [0.1, 0.15) is 5.54 Å². The Labute approximate surface area is 113 Å². The second-order valence-electron chi connectivity index (χ2n) is 5.50. The SMILES string of the molecule is O=C(NC1(C(=O)O)CC1)C1CC1c1ccc(F)c(F)c1. The summed E-state index contributed by atoms with van der Waals surface area (Å²) >= 11 is 0. The van der Waals surface area contributed by atoms with Gasteiger partial charge in [-0.25, -0.2) is 13.6 Å². The summed E-state index contributed by atoms with van der Waals surface area (Å²) in [5.74, 6) is -3.70. The number of hydrogen-bond acceptors (Lipinski definition) is 2. The number of amides is 1. The van der Waals surface area contributed by atoms with Crippen LogP contribution in [0.5, 0.6) is 0 Å². The highest BCUT2D eigenvalue weighted by atomic mass is 19.2. The van der Waals surface area contributed by atoms with Crippen molar-refractivity contribution in [1.82, 2.24) is 5.32 Å². The van der Waals surface area contributed by atoms with E-state index in [4.69, 9.17) is 5.11 Å². The first-order valence-corrected chi connectivity index (χ1v) is 6.43. The number of nitrogens with one attached hydrogen (secondary N) is 1. The summed E-state index contributed by atoms with van der Waals surface area (Å²) in [7, 11) is 0. The first kappa shape index (κ1) is 13.0. The predicted octanol–water partition coefficient (Wildman–Crippen LogP) is 1.80. The van der Waals surface area contributed by atoms with Gasteiger partial charge >= 0.3 is 5.97 Å². The Morgan fingerprint density at radius 3 is 2.50 bits per heavy atom. The minimum absolute atomic E-state index is 0.158. The molecule has 0 aliphatic heterocycles. The van der Waals surface area contributed by atoms with Gasteiger partial charge in [0, 0.05) is 5.92 Å². The van der Waals surface area contributed by atoms with Crippen molar-refractivity contribution < 1.29 is 23.5 Å². The average molecular weight is 281 g/mol. The van der Waals surface area contributed by atoms with E-state index in [1.165, 1.54) is 6.07 Å². The van der Waals surface area contributed by atoms with Crippen LogP contribution in [0.4, 0.5) is 8.78 Å². The molecule has 0 bridgehead atoms. The molecule has 2 saturated carbocycles. The van der Waals surface area contributed by atoms with Crippen molar-refractivity contribution in [2.24, 2.45) is 5.92 Å². The molecule has 0 radical (unpaired) electrons. The van der Waals surface area contributed by atoms with Gasteiger partial charge in [-0.2, -0.15) is 0 Å². The van der Waals surface area contributed by atoms with E-state index in [-0.39, 0.29) is 17.7 Å². The maximum Gasteiger partial charge on any atom is 0.329 e. The third kappa shape index (κ3) is 2.15. The lowest BCUT2D eigenvalue weighted by Gasteiger charge is -2.12. The monoisotopic (exact) mass is 281 g/mol. The van der Waals surface area contributed by atoms with E-state index in [0.717, 1.165) is 12.1 Å². The van der Waals surface area contributed by atoms with Crippen molar-refractivity contribution in [2.75, 3.05) is 0 Å². The van der Waals surface area contributed by atoms with Crippen LogP contribution >= 0.6 is 0 Å². The van der Waals surface area contributed by atoms with Gasteiger partial charge in [-0.15, -0.1) is 0 Å². The lowest BCUT2D eigenvalue weighted by atomic mass is 10.1. The highest BCUT2D eigenvalue weighted by Gasteiger charge is 2.54. The molecule has 2 unspecified atom stereocenters. The molecule has 0 aromatic heterocycles. The third-order valence-electron chi connectivity index (χ3n) is 4.02. The molecule has 0 heterocycles. The number of halogens is 2. The van der Waals surface area contributed by atoms with Crippen molar-refractivity contribution in [2.45, 2.75) is 30.7 Å². The fraction of sp³-hybridized carbons (Fsp3) is 0.429. The van der Waals surface area contributed by atoms with Gasteiger partial charge in [-0.1, -0.05) is 6.07 Å². The predicted molar refractivity (Wildman–Crippen MR) is 64.9 cm³/mol. The van der Waals surface area contributed by atoms with Gasteiger partial charge in [-0.05, 0) is 42.9 Å². The summed E-state index contributed by atoms with van der Waals surface area (Å²) in [6, 6.07) is 3.59. The second-order valence-corrected chi connectivity index (χ2v) is 5.50. The molecule has 1 aromatic carbocycles. The quantitative estimate of drug-likeness (QED) is 0.884. The van der Waals surface area contributed by atoms with Crippen molar-refractivity contribution in [3.05, 3.63) is 35.4 Å². The van der Waals surface area contributed by atoms with Crippen LogP contribution < -0.4 is 5.32 Å². The molecule has 0 saturated heterocycles. The van der Waals surface area contributed by atoms with E-state index < -0.39 is 23.1 Å². The molecule has 2 aliphatic rings. The minimum Gasteiger partial charge on any atom is -0.480 e. The highest BCUT2D eigenvalue weighted by Crippen LogP contribution is 2.49. The topological polar surface area (TPSA) is 66.4 Å². The summed E-state index contributed by atoms with van der Waals surface area (Å²) in [5.41, 5.74) is -0.526. The lowest BCUT2D eigenvalue weighted by Crippen LogP contribution is -2.43. The van der Waals surface area contributed by atoms with E-state index in [0.29, 0.717) is 24.8 Å². The third-order valence-corrected chi connectivity index (χ3v) is 4.02. The van der Waals surface area contributed by atoms with Gasteiger partial charge in [0.25, 0.3) is 0 Å². The maximum absolute atomic E-state index is 13.1. The van der Waals surface area contributed by atoms with Crippen LogP contribution in [-0.2, 0) is 9.59 Å². The van der Waals surface area contributed by atoms with E-state index in [1.54, 1.807) is 0 Å². The first-order valence-electron chi connectivity index (χ1n) is 6.43. The van der Waals surface area contributed by atoms with Gasteiger partial charge in [0.15, 0.2) is 11.6 Å². The number of hydrogen-bond donors (Lipinski definition) is 2. The second kappa shape index (κ2) is 4.26. The zero-order valence-electron chi connectivity index (χ0n) is 10.5. The van der Waals surface area contributed by atoms with Crippen LogP contribution in [0.25, 0.3) is 0 Å². The van der Waals surface area contributed by atoms with Crippen LogP contribution in [0.15, 0.2) is 18.2 Å². The van der Waals surface area contributed by atoms with Gasteiger partial charge in [-0.3, -0.25) is 4.79 Å². The smallest absolute Gasteiger partial charge is 0.329 e. The molecule has 106 valence electrons. The Balaban J connectivity index is 1.65. The fourth-order valence-corrected chi connectivity index (χ4v) is 2.44. The first-order chi connectivity index (χ1) is 9.43. The van der Waals surface area contributed by atoms with Crippen LogP contribution in [0.1, 0.15) is 30.7 Å². The Morgan fingerprint density at radius 2 is 1.95 bits per heavy atom. The molecule has 1 amide bonds. The fourth-order valence-electron chi connectivity index (χ4n) is 2.44. The number of carboxylic acids is 1. The molecule has 20 heavy (non-hydrogen) atoms. The van der Waals surface area contributed by atoms with Crippen molar-refractivity contribution >= 4 is 11.9 Å². The van der Waals surface area contributed by atoms with Crippen molar-refractivity contribution in [3.63, 3.8) is 0 Å². The Kier molecular flexibility index (Phi) is 2.77. The van der Waals surface area contributed by atoms with Gasteiger partial charge < -0.3 is 10.4 Å². The van der Waals surface area contributed by atoms with Gasteiger partial charge in [0.2, 0.25) is 5.91 Å². The molecule has 3 rings (SSSR count). The molecule has 4 nitrogen and oxygen atoms in total. The number of carbonyl (C=O) groups excluding carboxylic acids is 1. The Hall–Kier alpha value is -1.98. The van der Waals surface area contributed by atoms with Crippen molar-refractivity contribution in [1.29, 1.82) is 0 Å². The molecule has 0 spiro atoms. The van der Waals surface area contributed by atoms with Crippen LogP contribution in [0.3, 0.4) is 0 Å². The van der Waals surface area contributed by atoms with E-state index in [1.807, 2.05) is 0 Å². The number of benzene rings is 1.